The standard InChI is InChI=1S/C56H107NO5/c1-3-5-7-9-11-13-15-17-19-21-24-28-32-36-40-44-48-54(59)53(52-58)57-55(60)49-45-41-37-33-29-25-22-20-23-27-31-35-39-43-47-51-62-56(61)50-46-42-38-34-30-26-18-16-14-12-10-8-6-4-2/h16,18,23,27,53-54,58-59H,3-15,17,19-22,24-26,28-52H2,1-2H3,(H,57,60)/b18-16-,27-23-. The predicted octanol–water partition coefficient (Wildman–Crippen LogP) is 16.7. The molecule has 0 saturated carbocycles. The number of aliphatic hydroxyl groups excluding tert-OH is 2. The van der Waals surface area contributed by atoms with E-state index in [0.717, 1.165) is 70.6 Å². The van der Waals surface area contributed by atoms with Gasteiger partial charge in [0.05, 0.1) is 25.4 Å². The average molecular weight is 874 g/mol. The molecule has 0 aromatic carbocycles. The Morgan fingerprint density at radius 3 is 1.15 bits per heavy atom. The van der Waals surface area contributed by atoms with Crippen LogP contribution in [0.1, 0.15) is 296 Å². The minimum atomic E-state index is -0.674. The molecule has 0 radical (unpaired) electrons. The molecular formula is C56H107NO5. The van der Waals surface area contributed by atoms with Crippen molar-refractivity contribution in [2.24, 2.45) is 0 Å². The fourth-order valence-electron chi connectivity index (χ4n) is 8.45. The zero-order chi connectivity index (χ0) is 45.1. The highest BCUT2D eigenvalue weighted by atomic mass is 16.5. The van der Waals surface area contributed by atoms with Crippen LogP contribution in [-0.4, -0.2) is 47.4 Å². The molecule has 2 atom stereocenters. The van der Waals surface area contributed by atoms with E-state index in [1.807, 2.05) is 0 Å². The van der Waals surface area contributed by atoms with Gasteiger partial charge in [-0.1, -0.05) is 231 Å². The number of aliphatic hydroxyl groups is 2. The smallest absolute Gasteiger partial charge is 0.305 e. The fourth-order valence-corrected chi connectivity index (χ4v) is 8.45. The summed E-state index contributed by atoms with van der Waals surface area (Å²) >= 11 is 0. The largest absolute Gasteiger partial charge is 0.466 e. The summed E-state index contributed by atoms with van der Waals surface area (Å²) in [5, 5.41) is 23.3. The van der Waals surface area contributed by atoms with E-state index in [4.69, 9.17) is 4.74 Å². The molecule has 2 unspecified atom stereocenters. The number of carbonyl (C=O) groups excluding carboxylic acids is 2. The molecule has 1 amide bonds. The Morgan fingerprint density at radius 2 is 0.758 bits per heavy atom. The Hall–Kier alpha value is -1.66. The quantitative estimate of drug-likeness (QED) is 0.0321. The zero-order valence-electron chi connectivity index (χ0n) is 41.6. The summed E-state index contributed by atoms with van der Waals surface area (Å²) in [6.45, 7) is 4.91. The van der Waals surface area contributed by atoms with Crippen molar-refractivity contribution in [1.82, 2.24) is 5.32 Å². The number of amides is 1. The molecule has 0 aromatic heterocycles. The molecule has 0 spiro atoms. The molecule has 0 saturated heterocycles. The van der Waals surface area contributed by atoms with Crippen LogP contribution >= 0.6 is 0 Å². The van der Waals surface area contributed by atoms with E-state index in [1.54, 1.807) is 0 Å². The number of ether oxygens (including phenoxy) is 1. The van der Waals surface area contributed by atoms with E-state index < -0.39 is 12.1 Å². The van der Waals surface area contributed by atoms with Crippen molar-refractivity contribution < 1.29 is 24.5 Å². The van der Waals surface area contributed by atoms with Gasteiger partial charge in [0, 0.05) is 12.8 Å². The van der Waals surface area contributed by atoms with Gasteiger partial charge in [0.2, 0.25) is 5.91 Å². The second-order valence-corrected chi connectivity index (χ2v) is 18.9. The van der Waals surface area contributed by atoms with Crippen LogP contribution in [0.2, 0.25) is 0 Å². The first-order chi connectivity index (χ1) is 30.5. The molecule has 0 aliphatic heterocycles. The van der Waals surface area contributed by atoms with Crippen LogP contribution in [0.15, 0.2) is 24.3 Å². The van der Waals surface area contributed by atoms with Gasteiger partial charge in [0.1, 0.15) is 0 Å². The molecule has 6 heteroatoms. The lowest BCUT2D eigenvalue weighted by Gasteiger charge is -2.22. The number of carbonyl (C=O) groups is 2. The normalized spacial score (nSPS) is 12.8. The van der Waals surface area contributed by atoms with Gasteiger partial charge in [-0.2, -0.15) is 0 Å². The van der Waals surface area contributed by atoms with Crippen LogP contribution in [0.3, 0.4) is 0 Å². The molecule has 366 valence electrons. The first-order valence-corrected chi connectivity index (χ1v) is 27.6. The molecule has 0 heterocycles. The number of hydrogen-bond donors (Lipinski definition) is 3. The molecule has 6 nitrogen and oxygen atoms in total. The van der Waals surface area contributed by atoms with Gasteiger partial charge >= 0.3 is 5.97 Å². The molecule has 62 heavy (non-hydrogen) atoms. The van der Waals surface area contributed by atoms with Crippen LogP contribution < -0.4 is 5.32 Å². The third kappa shape index (κ3) is 47.8. The summed E-state index contributed by atoms with van der Waals surface area (Å²) in [5.41, 5.74) is 0. The lowest BCUT2D eigenvalue weighted by atomic mass is 10.0. The van der Waals surface area contributed by atoms with E-state index in [1.165, 1.54) is 193 Å². The van der Waals surface area contributed by atoms with Gasteiger partial charge in [-0.05, 0) is 77.0 Å². The number of hydrogen-bond acceptors (Lipinski definition) is 5. The van der Waals surface area contributed by atoms with Crippen LogP contribution in [0, 0.1) is 0 Å². The van der Waals surface area contributed by atoms with Crippen molar-refractivity contribution in [2.45, 2.75) is 309 Å². The maximum absolute atomic E-state index is 12.5. The summed E-state index contributed by atoms with van der Waals surface area (Å²) < 4.78 is 5.45. The van der Waals surface area contributed by atoms with Gasteiger partial charge < -0.3 is 20.3 Å². The van der Waals surface area contributed by atoms with E-state index in [-0.39, 0.29) is 18.5 Å². The highest BCUT2D eigenvalue weighted by molar-refractivity contribution is 5.76. The van der Waals surface area contributed by atoms with Gasteiger partial charge in [-0.25, -0.2) is 0 Å². The summed E-state index contributed by atoms with van der Waals surface area (Å²) in [7, 11) is 0. The summed E-state index contributed by atoms with van der Waals surface area (Å²) in [4.78, 5) is 24.5. The van der Waals surface area contributed by atoms with Gasteiger partial charge in [-0.15, -0.1) is 0 Å². The molecule has 0 aromatic rings. The first-order valence-electron chi connectivity index (χ1n) is 27.6. The number of nitrogens with one attached hydrogen (secondary N) is 1. The second-order valence-electron chi connectivity index (χ2n) is 18.9. The van der Waals surface area contributed by atoms with Gasteiger partial charge in [0.25, 0.3) is 0 Å². The lowest BCUT2D eigenvalue weighted by molar-refractivity contribution is -0.143. The Bertz CT molecular complexity index is 966. The highest BCUT2D eigenvalue weighted by Crippen LogP contribution is 2.16. The van der Waals surface area contributed by atoms with Crippen molar-refractivity contribution in [3.63, 3.8) is 0 Å². The average Bonchev–Trinajstić information content (AvgIpc) is 3.27. The molecular weight excluding hydrogens is 767 g/mol. The summed E-state index contributed by atoms with van der Waals surface area (Å²) in [6, 6.07) is -0.553. The van der Waals surface area contributed by atoms with Crippen LogP contribution in [-0.2, 0) is 14.3 Å². The van der Waals surface area contributed by atoms with Crippen molar-refractivity contribution in [3.8, 4) is 0 Å². The molecule has 3 N–H and O–H groups in total. The Labute approximate surface area is 386 Å². The lowest BCUT2D eigenvalue weighted by Crippen LogP contribution is -2.45. The SMILES string of the molecule is CCCCCCC/C=C\CCCCCCCC(=O)OCCCCCC/C=C\CCCCCCCCCC(=O)NC(CO)C(O)CCCCCCCCCCCCCCCCCC. The third-order valence-electron chi connectivity index (χ3n) is 12.7. The topological polar surface area (TPSA) is 95.9 Å². The molecule has 0 aliphatic rings. The van der Waals surface area contributed by atoms with Crippen molar-refractivity contribution in [3.05, 3.63) is 24.3 Å². The van der Waals surface area contributed by atoms with E-state index in [0.29, 0.717) is 25.9 Å². The molecule has 0 rings (SSSR count). The van der Waals surface area contributed by atoms with Crippen LogP contribution in [0.5, 0.6) is 0 Å². The van der Waals surface area contributed by atoms with Gasteiger partial charge in [-0.3, -0.25) is 9.59 Å². The number of esters is 1. The van der Waals surface area contributed by atoms with Crippen LogP contribution in [0.25, 0.3) is 0 Å². The molecule has 0 fully saturated rings. The van der Waals surface area contributed by atoms with E-state index in [2.05, 4.69) is 43.5 Å². The number of rotatable bonds is 51. The van der Waals surface area contributed by atoms with Crippen molar-refractivity contribution in [1.29, 1.82) is 0 Å². The van der Waals surface area contributed by atoms with E-state index in [9.17, 15) is 19.8 Å². The maximum Gasteiger partial charge on any atom is 0.305 e. The minimum Gasteiger partial charge on any atom is -0.466 e. The van der Waals surface area contributed by atoms with Crippen LogP contribution in [0.4, 0.5) is 0 Å². The Kier molecular flexibility index (Phi) is 50.6. The number of unbranched alkanes of at least 4 members (excludes halogenated alkanes) is 36. The minimum absolute atomic E-state index is 0.0184. The summed E-state index contributed by atoms with van der Waals surface area (Å²) in [6.07, 6.45) is 61.5. The van der Waals surface area contributed by atoms with E-state index >= 15 is 0 Å². The van der Waals surface area contributed by atoms with Gasteiger partial charge in [0.15, 0.2) is 0 Å². The summed E-state index contributed by atoms with van der Waals surface area (Å²) in [5.74, 6) is -0.0677. The Morgan fingerprint density at radius 1 is 0.435 bits per heavy atom. The third-order valence-corrected chi connectivity index (χ3v) is 12.7. The number of allylic oxidation sites excluding steroid dienone is 4. The second kappa shape index (κ2) is 52.0. The first kappa shape index (κ1) is 60.3. The maximum atomic E-state index is 12.5. The fraction of sp³-hybridized carbons (Fsp3) is 0.893. The molecule has 0 bridgehead atoms. The Balaban J connectivity index is 3.48. The molecule has 0 aliphatic carbocycles. The van der Waals surface area contributed by atoms with Crippen molar-refractivity contribution >= 4 is 11.9 Å². The predicted molar refractivity (Wildman–Crippen MR) is 269 cm³/mol. The zero-order valence-corrected chi connectivity index (χ0v) is 41.6. The highest BCUT2D eigenvalue weighted by Gasteiger charge is 2.20. The van der Waals surface area contributed by atoms with Crippen molar-refractivity contribution in [2.75, 3.05) is 13.2 Å². The monoisotopic (exact) mass is 874 g/mol.